The van der Waals surface area contributed by atoms with Crippen LogP contribution in [0.3, 0.4) is 0 Å². The zero-order valence-corrected chi connectivity index (χ0v) is 11.7. The Bertz CT molecular complexity index is 741. The minimum absolute atomic E-state index is 0.0741. The summed E-state index contributed by atoms with van der Waals surface area (Å²) in [6.45, 7) is 1.59. The minimum Gasteiger partial charge on any atom is -0.268 e. The first-order valence-corrected chi connectivity index (χ1v) is 7.59. The van der Waals surface area contributed by atoms with Crippen LogP contribution in [-0.4, -0.2) is 24.5 Å². The quantitative estimate of drug-likeness (QED) is 0.938. The van der Waals surface area contributed by atoms with E-state index in [1.807, 2.05) is 0 Å². The molecular weight excluding hydrogens is 288 g/mol. The molecule has 2 rings (SSSR count). The molecule has 0 aliphatic heterocycles. The van der Waals surface area contributed by atoms with Crippen molar-refractivity contribution in [2.75, 3.05) is 11.0 Å². The van der Waals surface area contributed by atoms with Gasteiger partial charge in [-0.2, -0.15) is 5.10 Å². The van der Waals surface area contributed by atoms with E-state index in [9.17, 15) is 17.2 Å². The smallest absolute Gasteiger partial charge is 0.230 e. The molecule has 0 atom stereocenters. The summed E-state index contributed by atoms with van der Waals surface area (Å²) in [7, 11) is -3.48. The largest absolute Gasteiger partial charge is 0.268 e. The number of nitrogens with zero attached hydrogens (tertiary/aromatic N) is 2. The van der Waals surface area contributed by atoms with Gasteiger partial charge in [0.05, 0.1) is 19.0 Å². The Morgan fingerprint density at radius 2 is 2.05 bits per heavy atom. The molecule has 2 aromatic rings. The van der Waals surface area contributed by atoms with Crippen LogP contribution in [0, 0.1) is 18.6 Å². The second-order valence-electron chi connectivity index (χ2n) is 4.44. The molecule has 0 radical (unpaired) electrons. The first-order chi connectivity index (χ1) is 9.26. The number of nitrogens with one attached hydrogen (secondary N) is 1. The van der Waals surface area contributed by atoms with E-state index < -0.39 is 21.7 Å². The van der Waals surface area contributed by atoms with Gasteiger partial charge in [0.15, 0.2) is 0 Å². The Morgan fingerprint density at radius 3 is 2.70 bits per heavy atom. The van der Waals surface area contributed by atoms with Crippen LogP contribution in [0.2, 0.25) is 0 Å². The van der Waals surface area contributed by atoms with Gasteiger partial charge in [-0.15, -0.1) is 0 Å². The van der Waals surface area contributed by atoms with Crippen molar-refractivity contribution in [3.8, 4) is 0 Å². The average molecular weight is 301 g/mol. The number of hydrogen-bond donors (Lipinski definition) is 1. The molecule has 0 bridgehead atoms. The molecule has 5 nitrogen and oxygen atoms in total. The van der Waals surface area contributed by atoms with E-state index in [-0.39, 0.29) is 17.9 Å². The van der Waals surface area contributed by atoms with E-state index in [4.69, 9.17) is 0 Å². The number of aromatic nitrogens is 2. The van der Waals surface area contributed by atoms with Crippen molar-refractivity contribution >= 4 is 15.8 Å². The number of aryl methyl sites for hydroxylation is 1. The van der Waals surface area contributed by atoms with Gasteiger partial charge >= 0.3 is 0 Å². The van der Waals surface area contributed by atoms with Gasteiger partial charge in [0.1, 0.15) is 17.5 Å². The van der Waals surface area contributed by atoms with Crippen LogP contribution in [0.4, 0.5) is 14.6 Å². The zero-order chi connectivity index (χ0) is 14.9. The predicted octanol–water partition coefficient (Wildman–Crippen LogP) is 1.89. The molecule has 0 amide bonds. The van der Waals surface area contributed by atoms with Crippen LogP contribution in [0.15, 0.2) is 24.4 Å². The molecule has 0 spiro atoms. The summed E-state index contributed by atoms with van der Waals surface area (Å²) >= 11 is 0. The third-order valence-corrected chi connectivity index (χ3v) is 3.20. The summed E-state index contributed by atoms with van der Waals surface area (Å²) in [4.78, 5) is 0. The van der Waals surface area contributed by atoms with Crippen LogP contribution in [0.5, 0.6) is 0 Å². The van der Waals surface area contributed by atoms with Gasteiger partial charge in [0.2, 0.25) is 10.0 Å². The lowest BCUT2D eigenvalue weighted by Crippen LogP contribution is -2.16. The van der Waals surface area contributed by atoms with Crippen LogP contribution in [0.1, 0.15) is 11.1 Å². The Balaban J connectivity index is 2.37. The predicted molar refractivity (Wildman–Crippen MR) is 70.9 cm³/mol. The lowest BCUT2D eigenvalue weighted by molar-refractivity contribution is 0.567. The third-order valence-electron chi connectivity index (χ3n) is 2.63. The Morgan fingerprint density at radius 1 is 1.35 bits per heavy atom. The lowest BCUT2D eigenvalue weighted by atomic mass is 10.2. The molecule has 0 fully saturated rings. The summed E-state index contributed by atoms with van der Waals surface area (Å²) < 4.78 is 52.9. The standard InChI is InChI=1S/C12H13F2N3O2S/c1-8-6-15-17(12(8)16-20(2,18)19)7-9-5-10(13)3-4-11(9)14/h3-6,16H,7H2,1-2H3. The molecule has 1 aromatic heterocycles. The SMILES string of the molecule is Cc1cnn(Cc2cc(F)ccc2F)c1NS(C)(=O)=O. The molecule has 108 valence electrons. The summed E-state index contributed by atoms with van der Waals surface area (Å²) in [6.07, 6.45) is 2.46. The number of sulfonamides is 1. The number of benzene rings is 1. The van der Waals surface area contributed by atoms with E-state index in [0.717, 1.165) is 24.5 Å². The maximum atomic E-state index is 13.6. The maximum Gasteiger partial charge on any atom is 0.230 e. The second kappa shape index (κ2) is 5.20. The molecule has 20 heavy (non-hydrogen) atoms. The van der Waals surface area contributed by atoms with Crippen molar-refractivity contribution in [3.05, 3.63) is 47.2 Å². The van der Waals surface area contributed by atoms with E-state index in [1.165, 1.54) is 10.9 Å². The van der Waals surface area contributed by atoms with Gasteiger partial charge in [-0.25, -0.2) is 21.9 Å². The van der Waals surface area contributed by atoms with Gasteiger partial charge in [0, 0.05) is 11.1 Å². The monoisotopic (exact) mass is 301 g/mol. The van der Waals surface area contributed by atoms with E-state index in [2.05, 4.69) is 9.82 Å². The van der Waals surface area contributed by atoms with Crippen LogP contribution in [-0.2, 0) is 16.6 Å². The average Bonchev–Trinajstić information content (AvgIpc) is 2.64. The molecule has 0 unspecified atom stereocenters. The molecule has 0 aliphatic carbocycles. The molecule has 1 N–H and O–H groups in total. The Hall–Kier alpha value is -1.96. The highest BCUT2D eigenvalue weighted by Crippen LogP contribution is 2.18. The summed E-state index contributed by atoms with van der Waals surface area (Å²) in [5.41, 5.74) is 0.678. The van der Waals surface area contributed by atoms with Crippen LogP contribution >= 0.6 is 0 Å². The van der Waals surface area contributed by atoms with Crippen molar-refractivity contribution in [1.29, 1.82) is 0 Å². The summed E-state index contributed by atoms with van der Waals surface area (Å²) in [5, 5.41) is 3.97. The van der Waals surface area contributed by atoms with Crippen molar-refractivity contribution in [2.24, 2.45) is 0 Å². The van der Waals surface area contributed by atoms with Gasteiger partial charge in [0.25, 0.3) is 0 Å². The first kappa shape index (κ1) is 14.4. The number of anilines is 1. The van der Waals surface area contributed by atoms with Crippen molar-refractivity contribution in [2.45, 2.75) is 13.5 Å². The van der Waals surface area contributed by atoms with Crippen molar-refractivity contribution in [1.82, 2.24) is 9.78 Å². The van der Waals surface area contributed by atoms with Gasteiger partial charge in [-0.05, 0) is 25.1 Å². The topological polar surface area (TPSA) is 64.0 Å². The van der Waals surface area contributed by atoms with E-state index >= 15 is 0 Å². The highest BCUT2D eigenvalue weighted by atomic mass is 32.2. The molecule has 0 saturated heterocycles. The Labute approximate surface area is 115 Å². The molecule has 0 aliphatic rings. The fourth-order valence-electron chi connectivity index (χ4n) is 1.73. The normalized spacial score (nSPS) is 11.6. The number of rotatable bonds is 4. The lowest BCUT2D eigenvalue weighted by Gasteiger charge is -2.10. The minimum atomic E-state index is -3.48. The van der Waals surface area contributed by atoms with Crippen LogP contribution < -0.4 is 4.72 Å². The highest BCUT2D eigenvalue weighted by Gasteiger charge is 2.14. The van der Waals surface area contributed by atoms with Crippen LogP contribution in [0.25, 0.3) is 0 Å². The van der Waals surface area contributed by atoms with Crippen molar-refractivity contribution < 1.29 is 17.2 Å². The highest BCUT2D eigenvalue weighted by molar-refractivity contribution is 7.92. The molecule has 8 heteroatoms. The Kier molecular flexibility index (Phi) is 3.76. The fourth-order valence-corrected chi connectivity index (χ4v) is 2.35. The van der Waals surface area contributed by atoms with E-state index in [0.29, 0.717) is 5.56 Å². The second-order valence-corrected chi connectivity index (χ2v) is 6.19. The number of hydrogen-bond acceptors (Lipinski definition) is 3. The summed E-state index contributed by atoms with van der Waals surface area (Å²) in [5.74, 6) is -0.913. The zero-order valence-electron chi connectivity index (χ0n) is 10.9. The molecule has 0 saturated carbocycles. The van der Waals surface area contributed by atoms with Gasteiger partial charge < -0.3 is 0 Å². The molecule has 1 heterocycles. The maximum absolute atomic E-state index is 13.6. The van der Waals surface area contributed by atoms with Crippen molar-refractivity contribution in [3.63, 3.8) is 0 Å². The van der Waals surface area contributed by atoms with Gasteiger partial charge in [-0.1, -0.05) is 0 Å². The van der Waals surface area contributed by atoms with Gasteiger partial charge in [-0.3, -0.25) is 4.72 Å². The third kappa shape index (κ3) is 3.32. The fraction of sp³-hybridized carbons (Fsp3) is 0.250. The first-order valence-electron chi connectivity index (χ1n) is 5.70. The van der Waals surface area contributed by atoms with E-state index in [1.54, 1.807) is 6.92 Å². The summed E-state index contributed by atoms with van der Waals surface area (Å²) in [6, 6.07) is 3.09. The number of halogens is 2. The molecule has 1 aromatic carbocycles. The molecular formula is C12H13F2N3O2S.